The van der Waals surface area contributed by atoms with Crippen LogP contribution in [-0.2, 0) is 0 Å². The van der Waals surface area contributed by atoms with Gasteiger partial charge in [-0.3, -0.25) is 0 Å². The van der Waals surface area contributed by atoms with Crippen molar-refractivity contribution in [2.24, 2.45) is 0 Å². The molecule has 1 N–H and O–H groups in total. The van der Waals surface area contributed by atoms with E-state index >= 15 is 0 Å². The maximum Gasteiger partial charge on any atom is 0.0762 e. The Hall–Kier alpha value is 0.01000. The van der Waals surface area contributed by atoms with Crippen molar-refractivity contribution in [1.29, 1.82) is 0 Å². The van der Waals surface area contributed by atoms with Gasteiger partial charge in [0.15, 0.2) is 0 Å². The Bertz CT molecular complexity index is 326. The lowest BCUT2D eigenvalue weighted by molar-refractivity contribution is 0.199. The molecule has 1 aromatic rings. The molecule has 0 spiro atoms. The molecule has 0 saturated carbocycles. The van der Waals surface area contributed by atoms with Crippen molar-refractivity contribution in [3.63, 3.8) is 0 Å². The van der Waals surface area contributed by atoms with Gasteiger partial charge in [-0.1, -0.05) is 25.8 Å². The highest BCUT2D eigenvalue weighted by molar-refractivity contribution is 9.10. The minimum absolute atomic E-state index is 0.393. The number of thioether (sulfide) groups is 1. The van der Waals surface area contributed by atoms with Gasteiger partial charge in [0.25, 0.3) is 0 Å². The Morgan fingerprint density at radius 1 is 1.38 bits per heavy atom. The van der Waals surface area contributed by atoms with E-state index in [0.717, 1.165) is 10.0 Å². The van der Waals surface area contributed by atoms with Crippen LogP contribution in [-0.4, -0.2) is 10.9 Å². The van der Waals surface area contributed by atoms with Crippen LogP contribution in [0.4, 0.5) is 0 Å². The molecule has 1 rings (SSSR count). The van der Waals surface area contributed by atoms with E-state index in [2.05, 4.69) is 28.9 Å². The van der Waals surface area contributed by atoms with Crippen molar-refractivity contribution in [2.45, 2.75) is 44.1 Å². The van der Waals surface area contributed by atoms with Crippen LogP contribution in [0.25, 0.3) is 0 Å². The Labute approximate surface area is 111 Å². The van der Waals surface area contributed by atoms with Crippen LogP contribution >= 0.6 is 27.7 Å². The van der Waals surface area contributed by atoms with Crippen LogP contribution in [0.15, 0.2) is 27.6 Å². The molecular weight excluding hydrogens is 284 g/mol. The average molecular weight is 303 g/mol. The molecule has 1 atom stereocenters. The Balaban J connectivity index is 2.54. The van der Waals surface area contributed by atoms with Crippen LogP contribution in [0.5, 0.6) is 0 Å². The van der Waals surface area contributed by atoms with Crippen LogP contribution in [0.3, 0.4) is 0 Å². The van der Waals surface area contributed by atoms with Crippen LogP contribution < -0.4 is 0 Å². The predicted molar refractivity (Wildman–Crippen MR) is 75.0 cm³/mol. The Kier molecular flexibility index (Phi) is 6.47. The van der Waals surface area contributed by atoms with E-state index < -0.39 is 6.10 Å². The molecule has 0 heterocycles. The van der Waals surface area contributed by atoms with Crippen LogP contribution in [0, 0.1) is 0 Å². The first-order chi connectivity index (χ1) is 7.65. The second-order valence-electron chi connectivity index (χ2n) is 3.92. The van der Waals surface area contributed by atoms with Gasteiger partial charge in [0.05, 0.1) is 6.10 Å². The summed E-state index contributed by atoms with van der Waals surface area (Å²) in [6.07, 6.45) is 3.45. The fourth-order valence-corrected chi connectivity index (χ4v) is 3.10. The average Bonchev–Trinajstić information content (AvgIpc) is 2.26. The van der Waals surface area contributed by atoms with Gasteiger partial charge >= 0.3 is 0 Å². The van der Waals surface area contributed by atoms with Crippen molar-refractivity contribution < 1.29 is 5.11 Å². The summed E-state index contributed by atoms with van der Waals surface area (Å²) in [5, 5.41) is 9.46. The Morgan fingerprint density at radius 2 is 2.12 bits per heavy atom. The normalized spacial score (nSPS) is 12.8. The number of rotatable bonds is 6. The highest BCUT2D eigenvalue weighted by Gasteiger charge is 2.05. The summed E-state index contributed by atoms with van der Waals surface area (Å²) in [4.78, 5) is 1.26. The highest BCUT2D eigenvalue weighted by atomic mass is 79.9. The van der Waals surface area contributed by atoms with E-state index in [1.807, 2.05) is 23.9 Å². The first kappa shape index (κ1) is 14.1. The SMILES string of the molecule is CCCCCSc1ccc([C@@H](C)O)cc1Br. The number of benzene rings is 1. The van der Waals surface area contributed by atoms with Crippen molar-refractivity contribution in [3.8, 4) is 0 Å². The number of hydrogen-bond donors (Lipinski definition) is 1. The van der Waals surface area contributed by atoms with E-state index in [1.165, 1.54) is 29.9 Å². The zero-order valence-electron chi connectivity index (χ0n) is 9.87. The van der Waals surface area contributed by atoms with Gasteiger partial charge in [-0.05, 0) is 52.7 Å². The summed E-state index contributed by atoms with van der Waals surface area (Å²) in [6, 6.07) is 6.09. The molecule has 16 heavy (non-hydrogen) atoms. The van der Waals surface area contributed by atoms with E-state index in [-0.39, 0.29) is 0 Å². The van der Waals surface area contributed by atoms with Crippen LogP contribution in [0.2, 0.25) is 0 Å². The monoisotopic (exact) mass is 302 g/mol. The zero-order valence-corrected chi connectivity index (χ0v) is 12.3. The molecule has 0 fully saturated rings. The zero-order chi connectivity index (χ0) is 12.0. The summed E-state index contributed by atoms with van der Waals surface area (Å²) in [5.74, 6) is 1.17. The minimum atomic E-state index is -0.393. The van der Waals surface area contributed by atoms with Gasteiger partial charge in [-0.2, -0.15) is 0 Å². The third-order valence-corrected chi connectivity index (χ3v) is 4.52. The van der Waals surface area contributed by atoms with Crippen molar-refractivity contribution in [2.75, 3.05) is 5.75 Å². The third-order valence-electron chi connectivity index (χ3n) is 2.44. The maximum absolute atomic E-state index is 9.46. The smallest absolute Gasteiger partial charge is 0.0762 e. The summed E-state index contributed by atoms with van der Waals surface area (Å²) < 4.78 is 1.09. The first-order valence-corrected chi connectivity index (χ1v) is 7.53. The molecule has 3 heteroatoms. The number of unbranched alkanes of at least 4 members (excludes halogenated alkanes) is 2. The molecular formula is C13H19BrOS. The second kappa shape index (κ2) is 7.36. The molecule has 0 aromatic heterocycles. The quantitative estimate of drug-likeness (QED) is 0.602. The van der Waals surface area contributed by atoms with Gasteiger partial charge in [0.2, 0.25) is 0 Å². The van der Waals surface area contributed by atoms with Gasteiger partial charge in [-0.15, -0.1) is 11.8 Å². The standard InChI is InChI=1S/C13H19BrOS/c1-3-4-5-8-16-13-7-6-11(10(2)15)9-12(13)14/h6-7,9-10,15H,3-5,8H2,1-2H3/t10-/m1/s1. The molecule has 0 amide bonds. The molecule has 0 unspecified atom stereocenters. The van der Waals surface area contributed by atoms with Crippen molar-refractivity contribution in [3.05, 3.63) is 28.2 Å². The molecule has 1 nitrogen and oxygen atoms in total. The fraction of sp³-hybridized carbons (Fsp3) is 0.538. The summed E-state index contributed by atoms with van der Waals surface area (Å²) in [7, 11) is 0. The topological polar surface area (TPSA) is 20.2 Å². The van der Waals surface area contributed by atoms with Crippen molar-refractivity contribution >= 4 is 27.7 Å². The van der Waals surface area contributed by atoms with Gasteiger partial charge in [-0.25, -0.2) is 0 Å². The summed E-state index contributed by atoms with van der Waals surface area (Å²) in [6.45, 7) is 4.01. The first-order valence-electron chi connectivity index (χ1n) is 5.75. The predicted octanol–water partition coefficient (Wildman–Crippen LogP) is 4.78. The Morgan fingerprint density at radius 3 is 2.69 bits per heavy atom. The van der Waals surface area contributed by atoms with Gasteiger partial charge < -0.3 is 5.11 Å². The molecule has 1 aromatic carbocycles. The lowest BCUT2D eigenvalue weighted by Gasteiger charge is -2.08. The maximum atomic E-state index is 9.46. The molecule has 0 bridgehead atoms. The van der Waals surface area contributed by atoms with Crippen LogP contribution in [0.1, 0.15) is 44.8 Å². The molecule has 90 valence electrons. The third kappa shape index (κ3) is 4.48. The number of hydrogen-bond acceptors (Lipinski definition) is 2. The highest BCUT2D eigenvalue weighted by Crippen LogP contribution is 2.30. The van der Waals surface area contributed by atoms with Gasteiger partial charge in [0.1, 0.15) is 0 Å². The number of aliphatic hydroxyl groups excluding tert-OH is 1. The van der Waals surface area contributed by atoms with Gasteiger partial charge in [0, 0.05) is 9.37 Å². The van der Waals surface area contributed by atoms with E-state index in [4.69, 9.17) is 0 Å². The molecule has 0 aliphatic carbocycles. The largest absolute Gasteiger partial charge is 0.389 e. The molecule has 0 aliphatic rings. The molecule has 0 radical (unpaired) electrons. The lowest BCUT2D eigenvalue weighted by Crippen LogP contribution is -1.91. The second-order valence-corrected chi connectivity index (χ2v) is 5.91. The number of aliphatic hydroxyl groups is 1. The van der Waals surface area contributed by atoms with E-state index in [1.54, 1.807) is 6.92 Å². The fourth-order valence-electron chi connectivity index (χ4n) is 1.43. The molecule has 0 aliphatic heterocycles. The van der Waals surface area contributed by atoms with E-state index in [9.17, 15) is 5.11 Å². The number of halogens is 1. The summed E-state index contributed by atoms with van der Waals surface area (Å²) >= 11 is 5.43. The summed E-state index contributed by atoms with van der Waals surface area (Å²) in [5.41, 5.74) is 0.963. The van der Waals surface area contributed by atoms with E-state index in [0.29, 0.717) is 0 Å². The lowest BCUT2D eigenvalue weighted by atomic mass is 10.1. The molecule has 0 saturated heterocycles. The minimum Gasteiger partial charge on any atom is -0.389 e. The van der Waals surface area contributed by atoms with Crippen molar-refractivity contribution in [1.82, 2.24) is 0 Å².